The summed E-state index contributed by atoms with van der Waals surface area (Å²) in [6.45, 7) is 2.52. The summed E-state index contributed by atoms with van der Waals surface area (Å²) in [4.78, 5) is 0. The van der Waals surface area contributed by atoms with E-state index >= 15 is 0 Å². The van der Waals surface area contributed by atoms with E-state index in [0.717, 1.165) is 12.8 Å². The van der Waals surface area contributed by atoms with Crippen molar-refractivity contribution in [3.8, 4) is 0 Å². The lowest BCUT2D eigenvalue weighted by molar-refractivity contribution is 0.304. The molecule has 94 valence electrons. The molecule has 4 nitrogen and oxygen atoms in total. The highest BCUT2D eigenvalue weighted by Crippen LogP contribution is 2.30. The van der Waals surface area contributed by atoms with Gasteiger partial charge in [0.25, 0.3) is 0 Å². The number of nitrogens with zero attached hydrogens (tertiary/aromatic N) is 1. The fraction of sp³-hybridized carbons (Fsp3) is 1.00. The molecule has 1 saturated heterocycles. The minimum Gasteiger partial charge on any atom is -0.326 e. The van der Waals surface area contributed by atoms with Gasteiger partial charge in [0.2, 0.25) is 10.0 Å². The van der Waals surface area contributed by atoms with E-state index in [1.165, 1.54) is 19.3 Å². The maximum absolute atomic E-state index is 12.1. The Morgan fingerprint density at radius 2 is 2.00 bits per heavy atom. The van der Waals surface area contributed by atoms with Gasteiger partial charge in [0.1, 0.15) is 0 Å². The van der Waals surface area contributed by atoms with Crippen molar-refractivity contribution in [2.24, 2.45) is 11.7 Å². The molecule has 0 bridgehead atoms. The first-order valence-electron chi connectivity index (χ1n) is 6.26. The van der Waals surface area contributed by atoms with Crippen molar-refractivity contribution in [2.45, 2.75) is 51.1 Å². The van der Waals surface area contributed by atoms with Crippen LogP contribution in [0.2, 0.25) is 0 Å². The summed E-state index contributed by atoms with van der Waals surface area (Å²) in [6, 6.07) is -0.00938. The molecular formula is C11H22N2O2S. The number of rotatable bonds is 4. The molecule has 16 heavy (non-hydrogen) atoms. The Kier molecular flexibility index (Phi) is 3.56. The average molecular weight is 246 g/mol. The third-order valence-corrected chi connectivity index (χ3v) is 6.10. The number of sulfonamides is 1. The Morgan fingerprint density at radius 3 is 2.44 bits per heavy atom. The third-order valence-electron chi connectivity index (χ3n) is 4.12. The van der Waals surface area contributed by atoms with Crippen LogP contribution in [0.1, 0.15) is 39.0 Å². The van der Waals surface area contributed by atoms with Gasteiger partial charge in [0, 0.05) is 18.6 Å². The Bertz CT molecular complexity index is 338. The smallest absolute Gasteiger partial charge is 0.214 e. The molecule has 0 aromatic carbocycles. The zero-order valence-corrected chi connectivity index (χ0v) is 10.7. The highest BCUT2D eigenvalue weighted by atomic mass is 32.2. The van der Waals surface area contributed by atoms with Gasteiger partial charge in [-0.05, 0) is 25.7 Å². The fourth-order valence-corrected chi connectivity index (χ4v) is 4.45. The van der Waals surface area contributed by atoms with Gasteiger partial charge >= 0.3 is 0 Å². The van der Waals surface area contributed by atoms with E-state index in [1.807, 2.05) is 6.92 Å². The van der Waals surface area contributed by atoms with Gasteiger partial charge in [-0.1, -0.05) is 19.3 Å². The van der Waals surface area contributed by atoms with Crippen molar-refractivity contribution in [1.82, 2.24) is 4.31 Å². The molecule has 2 atom stereocenters. The molecule has 2 N–H and O–H groups in total. The Morgan fingerprint density at radius 1 is 1.31 bits per heavy atom. The minimum atomic E-state index is -3.06. The molecule has 2 rings (SSSR count). The van der Waals surface area contributed by atoms with E-state index < -0.39 is 10.0 Å². The Hall–Kier alpha value is -0.130. The molecule has 1 heterocycles. The summed E-state index contributed by atoms with van der Waals surface area (Å²) in [5.74, 6) is 0.968. The van der Waals surface area contributed by atoms with Crippen molar-refractivity contribution < 1.29 is 8.42 Å². The van der Waals surface area contributed by atoms with Gasteiger partial charge in [-0.15, -0.1) is 0 Å². The predicted molar refractivity (Wildman–Crippen MR) is 64.5 cm³/mol. The molecule has 0 aromatic heterocycles. The summed E-state index contributed by atoms with van der Waals surface area (Å²) in [6.07, 6.45) is 5.33. The first-order valence-corrected chi connectivity index (χ1v) is 7.87. The molecular weight excluding hydrogens is 224 g/mol. The van der Waals surface area contributed by atoms with Gasteiger partial charge in [-0.2, -0.15) is 4.31 Å². The van der Waals surface area contributed by atoms with E-state index in [2.05, 4.69) is 0 Å². The molecule has 1 saturated carbocycles. The molecule has 5 heteroatoms. The van der Waals surface area contributed by atoms with Crippen LogP contribution < -0.4 is 5.73 Å². The third kappa shape index (κ3) is 2.41. The highest BCUT2D eigenvalue weighted by Gasteiger charge is 2.36. The van der Waals surface area contributed by atoms with Gasteiger partial charge in [0.15, 0.2) is 0 Å². The van der Waals surface area contributed by atoms with Gasteiger partial charge in [0.05, 0.1) is 5.75 Å². The number of hydrogen-bond acceptors (Lipinski definition) is 3. The fourth-order valence-electron chi connectivity index (χ4n) is 2.54. The highest BCUT2D eigenvalue weighted by molar-refractivity contribution is 7.89. The van der Waals surface area contributed by atoms with Crippen molar-refractivity contribution >= 4 is 10.0 Å². The van der Waals surface area contributed by atoms with Crippen LogP contribution in [-0.4, -0.2) is 37.1 Å². The lowest BCUT2D eigenvalue weighted by Crippen LogP contribution is -2.41. The topological polar surface area (TPSA) is 63.4 Å². The van der Waals surface area contributed by atoms with Crippen LogP contribution in [0.15, 0.2) is 0 Å². The quantitative estimate of drug-likeness (QED) is 0.802. The van der Waals surface area contributed by atoms with Gasteiger partial charge < -0.3 is 5.73 Å². The van der Waals surface area contributed by atoms with Gasteiger partial charge in [-0.25, -0.2) is 8.42 Å². The summed E-state index contributed by atoms with van der Waals surface area (Å²) in [7, 11) is -3.06. The second kappa shape index (κ2) is 4.63. The molecule has 2 unspecified atom stereocenters. The molecule has 0 radical (unpaired) electrons. The molecule has 1 aliphatic carbocycles. The molecule has 1 aliphatic heterocycles. The van der Waals surface area contributed by atoms with E-state index in [0.29, 0.717) is 18.2 Å². The molecule has 2 fully saturated rings. The molecule has 2 aliphatic rings. The zero-order valence-electron chi connectivity index (χ0n) is 9.93. The van der Waals surface area contributed by atoms with Crippen LogP contribution >= 0.6 is 0 Å². The summed E-state index contributed by atoms with van der Waals surface area (Å²) >= 11 is 0. The van der Waals surface area contributed by atoms with Crippen LogP contribution in [0, 0.1) is 5.92 Å². The molecule has 0 amide bonds. The average Bonchev–Trinajstić information content (AvgIpc) is 2.45. The minimum absolute atomic E-state index is 0.0125. The number of nitrogens with two attached hydrogens (primary N) is 1. The summed E-state index contributed by atoms with van der Waals surface area (Å²) < 4.78 is 25.8. The van der Waals surface area contributed by atoms with Crippen LogP contribution in [0.25, 0.3) is 0 Å². The van der Waals surface area contributed by atoms with Crippen LogP contribution in [-0.2, 0) is 10.0 Å². The lowest BCUT2D eigenvalue weighted by atomic mass is 9.84. The predicted octanol–water partition coefficient (Wildman–Crippen LogP) is 0.928. The van der Waals surface area contributed by atoms with E-state index in [4.69, 9.17) is 5.73 Å². The van der Waals surface area contributed by atoms with E-state index in [9.17, 15) is 8.42 Å². The van der Waals surface area contributed by atoms with E-state index in [-0.39, 0.29) is 12.1 Å². The first kappa shape index (κ1) is 12.3. The summed E-state index contributed by atoms with van der Waals surface area (Å²) in [5, 5.41) is 0. The monoisotopic (exact) mass is 246 g/mol. The SMILES string of the molecule is CC1C(N)CCN1S(=O)(=O)CCC1CCC1. The van der Waals surface area contributed by atoms with Crippen molar-refractivity contribution in [2.75, 3.05) is 12.3 Å². The van der Waals surface area contributed by atoms with Crippen molar-refractivity contribution in [3.63, 3.8) is 0 Å². The Balaban J connectivity index is 1.90. The zero-order chi connectivity index (χ0) is 11.8. The Labute approximate surface area is 98.2 Å². The van der Waals surface area contributed by atoms with Crippen LogP contribution in [0.3, 0.4) is 0 Å². The second-order valence-electron chi connectivity index (χ2n) is 5.21. The lowest BCUT2D eigenvalue weighted by Gasteiger charge is -2.27. The van der Waals surface area contributed by atoms with Gasteiger partial charge in [-0.3, -0.25) is 0 Å². The van der Waals surface area contributed by atoms with Crippen LogP contribution in [0.4, 0.5) is 0 Å². The van der Waals surface area contributed by atoms with E-state index in [1.54, 1.807) is 4.31 Å². The van der Waals surface area contributed by atoms with Crippen molar-refractivity contribution in [1.29, 1.82) is 0 Å². The maximum Gasteiger partial charge on any atom is 0.214 e. The second-order valence-corrected chi connectivity index (χ2v) is 7.25. The van der Waals surface area contributed by atoms with Crippen LogP contribution in [0.5, 0.6) is 0 Å². The van der Waals surface area contributed by atoms with Crippen molar-refractivity contribution in [3.05, 3.63) is 0 Å². The standard InChI is InChI=1S/C11H22N2O2S/c1-9-11(12)5-7-13(9)16(14,15)8-6-10-3-2-4-10/h9-11H,2-8,12H2,1H3. The number of hydrogen-bond donors (Lipinski definition) is 1. The summed E-state index contributed by atoms with van der Waals surface area (Å²) in [5.41, 5.74) is 5.85. The maximum atomic E-state index is 12.1. The molecule has 0 spiro atoms. The largest absolute Gasteiger partial charge is 0.326 e. The normalized spacial score (nSPS) is 32.9. The molecule has 0 aromatic rings. The first-order chi connectivity index (χ1) is 7.50.